The van der Waals surface area contributed by atoms with E-state index in [1.165, 1.54) is 6.39 Å². The second-order valence-electron chi connectivity index (χ2n) is 4.10. The van der Waals surface area contributed by atoms with E-state index in [2.05, 4.69) is 49.1 Å². The standard InChI is InChI=1S/C11H16N6O/c1-7(2)11-15-8(12-3)4-9(16-11)13-5-10-14-6-18-17-10/h4,6-7H,5H2,1-3H3,(H2,12,13,15,16). The first-order chi connectivity index (χ1) is 8.69. The lowest BCUT2D eigenvalue weighted by molar-refractivity contribution is 0.411. The fraction of sp³-hybridized carbons (Fsp3) is 0.455. The first-order valence-electron chi connectivity index (χ1n) is 5.75. The van der Waals surface area contributed by atoms with Crippen LogP contribution in [0.3, 0.4) is 0 Å². The van der Waals surface area contributed by atoms with Crippen LogP contribution in [0.2, 0.25) is 0 Å². The summed E-state index contributed by atoms with van der Waals surface area (Å²) in [6.45, 7) is 4.57. The van der Waals surface area contributed by atoms with Gasteiger partial charge in [-0.1, -0.05) is 19.0 Å². The lowest BCUT2D eigenvalue weighted by atomic mass is 10.2. The van der Waals surface area contributed by atoms with Gasteiger partial charge in [-0.05, 0) is 0 Å². The fourth-order valence-electron chi connectivity index (χ4n) is 1.38. The molecule has 0 saturated carbocycles. The van der Waals surface area contributed by atoms with Gasteiger partial charge in [0.2, 0.25) is 6.39 Å². The normalized spacial score (nSPS) is 10.7. The van der Waals surface area contributed by atoms with Crippen molar-refractivity contribution in [2.75, 3.05) is 17.7 Å². The van der Waals surface area contributed by atoms with Crippen LogP contribution in [0.15, 0.2) is 17.0 Å². The first-order valence-corrected chi connectivity index (χ1v) is 5.75. The summed E-state index contributed by atoms with van der Waals surface area (Å²) in [6.07, 6.45) is 1.30. The Morgan fingerprint density at radius 2 is 2.06 bits per heavy atom. The second kappa shape index (κ2) is 5.44. The molecule has 0 fully saturated rings. The molecule has 7 heteroatoms. The van der Waals surface area contributed by atoms with E-state index >= 15 is 0 Å². The molecule has 0 unspecified atom stereocenters. The fourth-order valence-corrected chi connectivity index (χ4v) is 1.38. The molecule has 2 N–H and O–H groups in total. The number of anilines is 2. The molecule has 2 heterocycles. The second-order valence-corrected chi connectivity index (χ2v) is 4.10. The Morgan fingerprint density at radius 1 is 1.28 bits per heavy atom. The van der Waals surface area contributed by atoms with Gasteiger partial charge in [-0.15, -0.1) is 0 Å². The van der Waals surface area contributed by atoms with Crippen LogP contribution < -0.4 is 10.6 Å². The van der Waals surface area contributed by atoms with Gasteiger partial charge in [-0.2, -0.15) is 4.98 Å². The van der Waals surface area contributed by atoms with Crippen molar-refractivity contribution in [3.05, 3.63) is 24.1 Å². The van der Waals surface area contributed by atoms with Crippen molar-refractivity contribution in [2.45, 2.75) is 26.3 Å². The van der Waals surface area contributed by atoms with Gasteiger partial charge in [0.1, 0.15) is 17.5 Å². The van der Waals surface area contributed by atoms with E-state index in [1.54, 1.807) is 0 Å². The minimum Gasteiger partial charge on any atom is -0.373 e. The van der Waals surface area contributed by atoms with E-state index in [4.69, 9.17) is 0 Å². The summed E-state index contributed by atoms with van der Waals surface area (Å²) in [5, 5.41) is 9.88. The van der Waals surface area contributed by atoms with Crippen molar-refractivity contribution in [3.63, 3.8) is 0 Å². The molecule has 0 atom stereocenters. The van der Waals surface area contributed by atoms with Crippen molar-refractivity contribution in [3.8, 4) is 0 Å². The maximum Gasteiger partial charge on any atom is 0.213 e. The van der Waals surface area contributed by atoms with Gasteiger partial charge >= 0.3 is 0 Å². The highest BCUT2D eigenvalue weighted by molar-refractivity contribution is 5.47. The number of hydrogen-bond acceptors (Lipinski definition) is 7. The third-order valence-corrected chi connectivity index (χ3v) is 2.35. The lowest BCUT2D eigenvalue weighted by Crippen LogP contribution is -2.08. The highest BCUT2D eigenvalue weighted by atomic mass is 16.5. The number of aromatic nitrogens is 4. The number of hydrogen-bond donors (Lipinski definition) is 2. The molecule has 0 saturated heterocycles. The summed E-state index contributed by atoms with van der Waals surface area (Å²) >= 11 is 0. The summed E-state index contributed by atoms with van der Waals surface area (Å²) in [5.74, 6) is 3.17. The van der Waals surface area contributed by atoms with Crippen LogP contribution in [0.4, 0.5) is 11.6 Å². The Labute approximate surface area is 105 Å². The van der Waals surface area contributed by atoms with E-state index in [-0.39, 0.29) is 5.92 Å². The molecule has 0 spiro atoms. The Kier molecular flexibility index (Phi) is 3.71. The van der Waals surface area contributed by atoms with Crippen molar-refractivity contribution in [1.29, 1.82) is 0 Å². The highest BCUT2D eigenvalue weighted by Crippen LogP contribution is 2.16. The zero-order valence-corrected chi connectivity index (χ0v) is 10.6. The first kappa shape index (κ1) is 12.3. The van der Waals surface area contributed by atoms with Gasteiger partial charge < -0.3 is 15.2 Å². The lowest BCUT2D eigenvalue weighted by Gasteiger charge is -2.10. The van der Waals surface area contributed by atoms with Crippen LogP contribution in [-0.4, -0.2) is 27.2 Å². The highest BCUT2D eigenvalue weighted by Gasteiger charge is 2.08. The van der Waals surface area contributed by atoms with E-state index < -0.39 is 0 Å². The predicted octanol–water partition coefficient (Wildman–Crippen LogP) is 1.64. The zero-order chi connectivity index (χ0) is 13.0. The summed E-state index contributed by atoms with van der Waals surface area (Å²) in [7, 11) is 1.83. The molecule has 96 valence electrons. The summed E-state index contributed by atoms with van der Waals surface area (Å²) in [6, 6.07) is 1.84. The molecule has 2 rings (SSSR count). The topological polar surface area (TPSA) is 88.8 Å². The molecule has 0 radical (unpaired) electrons. The molecule has 0 aliphatic rings. The van der Waals surface area contributed by atoms with Gasteiger partial charge in [0.15, 0.2) is 5.82 Å². The summed E-state index contributed by atoms with van der Waals surface area (Å²) in [4.78, 5) is 12.7. The summed E-state index contributed by atoms with van der Waals surface area (Å²) in [5.41, 5.74) is 0. The number of nitrogens with one attached hydrogen (secondary N) is 2. The molecule has 7 nitrogen and oxygen atoms in total. The van der Waals surface area contributed by atoms with Crippen molar-refractivity contribution in [2.24, 2.45) is 0 Å². The van der Waals surface area contributed by atoms with Crippen LogP contribution >= 0.6 is 0 Å². The summed E-state index contributed by atoms with van der Waals surface area (Å²) < 4.78 is 4.66. The molecule has 0 aliphatic heterocycles. The smallest absolute Gasteiger partial charge is 0.213 e. The Hall–Kier alpha value is -2.18. The molecule has 2 aromatic heterocycles. The molecule has 2 aromatic rings. The quantitative estimate of drug-likeness (QED) is 0.831. The Bertz CT molecular complexity index is 496. The zero-order valence-electron chi connectivity index (χ0n) is 10.6. The van der Waals surface area contributed by atoms with Crippen molar-refractivity contribution >= 4 is 11.6 Å². The van der Waals surface area contributed by atoms with E-state index in [9.17, 15) is 0 Å². The van der Waals surface area contributed by atoms with Crippen LogP contribution in [-0.2, 0) is 6.54 Å². The van der Waals surface area contributed by atoms with E-state index in [1.807, 2.05) is 13.1 Å². The molecule has 0 aliphatic carbocycles. The minimum absolute atomic E-state index is 0.268. The average molecular weight is 248 g/mol. The van der Waals surface area contributed by atoms with Crippen molar-refractivity contribution in [1.82, 2.24) is 20.1 Å². The largest absolute Gasteiger partial charge is 0.373 e. The van der Waals surface area contributed by atoms with E-state index in [0.29, 0.717) is 12.4 Å². The number of nitrogens with zero attached hydrogens (tertiary/aromatic N) is 4. The maximum atomic E-state index is 4.66. The van der Waals surface area contributed by atoms with Crippen LogP contribution in [0.25, 0.3) is 0 Å². The van der Waals surface area contributed by atoms with Crippen LogP contribution in [0.5, 0.6) is 0 Å². The number of rotatable bonds is 5. The van der Waals surface area contributed by atoms with Gasteiger partial charge in [-0.25, -0.2) is 9.97 Å². The SMILES string of the molecule is CNc1cc(NCc2ncon2)nc(C(C)C)n1. The van der Waals surface area contributed by atoms with Gasteiger partial charge in [0.05, 0.1) is 6.54 Å². The molecular weight excluding hydrogens is 232 g/mol. The monoisotopic (exact) mass is 248 g/mol. The Morgan fingerprint density at radius 3 is 2.67 bits per heavy atom. The third-order valence-electron chi connectivity index (χ3n) is 2.35. The molecule has 18 heavy (non-hydrogen) atoms. The average Bonchev–Trinajstić information content (AvgIpc) is 2.89. The van der Waals surface area contributed by atoms with Gasteiger partial charge in [0, 0.05) is 19.0 Å². The molecule has 0 amide bonds. The van der Waals surface area contributed by atoms with Crippen molar-refractivity contribution < 1.29 is 4.52 Å². The molecular formula is C11H16N6O. The van der Waals surface area contributed by atoms with Gasteiger partial charge in [0.25, 0.3) is 0 Å². The van der Waals surface area contributed by atoms with E-state index in [0.717, 1.165) is 17.5 Å². The van der Waals surface area contributed by atoms with Gasteiger partial charge in [-0.3, -0.25) is 0 Å². The maximum absolute atomic E-state index is 4.66. The third kappa shape index (κ3) is 2.93. The van der Waals surface area contributed by atoms with Crippen LogP contribution in [0, 0.1) is 0 Å². The molecule has 0 aromatic carbocycles. The Balaban J connectivity index is 2.13. The minimum atomic E-state index is 0.268. The van der Waals surface area contributed by atoms with Crippen LogP contribution in [0.1, 0.15) is 31.4 Å². The predicted molar refractivity (Wildman–Crippen MR) is 67.3 cm³/mol. The molecule has 0 bridgehead atoms.